The average molecular weight is 630 g/mol. The minimum Gasteiger partial charge on any atom is -0.484 e. The van der Waals surface area contributed by atoms with Gasteiger partial charge >= 0.3 is 5.97 Å². The van der Waals surface area contributed by atoms with Crippen molar-refractivity contribution in [3.8, 4) is 16.9 Å². The highest BCUT2D eigenvalue weighted by atomic mass is 16.5. The Kier molecular flexibility index (Phi) is 11.8. The van der Waals surface area contributed by atoms with Gasteiger partial charge in [0.05, 0.1) is 20.2 Å². The van der Waals surface area contributed by atoms with Crippen molar-refractivity contribution < 1.29 is 38.2 Å². The third kappa shape index (κ3) is 10.2. The molecule has 2 bridgehead atoms. The minimum atomic E-state index is -1.10. The summed E-state index contributed by atoms with van der Waals surface area (Å²) in [4.78, 5) is 75.7. The van der Waals surface area contributed by atoms with Crippen LogP contribution in [0.1, 0.15) is 11.1 Å². The monoisotopic (exact) mass is 629 g/mol. The summed E-state index contributed by atoms with van der Waals surface area (Å²) < 4.78 is 10.1. The van der Waals surface area contributed by atoms with Crippen LogP contribution in [0.4, 0.5) is 0 Å². The summed E-state index contributed by atoms with van der Waals surface area (Å²) in [5, 5.41) is 12.6. The second-order valence-electron chi connectivity index (χ2n) is 10.4. The standard InChI is InChI=1S/C33H35N5O8/c1-45-31(42)19-36-33(44)27-16-22-9-13-25(14-10-22)46-20-30(41)34-17-28(39)37-26(32(43)35-18-29(40)38-27)15-21-7-11-24(12-8-21)23-5-3-2-4-6-23/h2-14,26-27H,15-20H2,1H3,(H,34,41)(H,35,43)(H,36,44)(H,37,39)(H,38,40)/t26-,27+/m1/s1. The number of carbonyl (C=O) groups excluding carboxylic acids is 6. The summed E-state index contributed by atoms with van der Waals surface area (Å²) in [5.74, 6) is -3.44. The summed E-state index contributed by atoms with van der Waals surface area (Å²) in [7, 11) is 1.18. The molecule has 2 heterocycles. The predicted molar refractivity (Wildman–Crippen MR) is 166 cm³/mol. The first kappa shape index (κ1) is 33.2. The van der Waals surface area contributed by atoms with Gasteiger partial charge in [-0.25, -0.2) is 0 Å². The first-order chi connectivity index (χ1) is 22.2. The second kappa shape index (κ2) is 16.4. The molecule has 0 unspecified atom stereocenters. The lowest BCUT2D eigenvalue weighted by Gasteiger charge is -2.21. The van der Waals surface area contributed by atoms with E-state index < -0.39 is 67.2 Å². The number of carbonyl (C=O) groups is 6. The van der Waals surface area contributed by atoms with E-state index in [1.54, 1.807) is 24.3 Å². The van der Waals surface area contributed by atoms with E-state index in [1.807, 2.05) is 54.6 Å². The molecular weight excluding hydrogens is 594 g/mol. The number of esters is 1. The van der Waals surface area contributed by atoms with Gasteiger partial charge in [-0.15, -0.1) is 0 Å². The predicted octanol–water partition coefficient (Wildman–Crippen LogP) is 0.0224. The van der Waals surface area contributed by atoms with E-state index in [4.69, 9.17) is 4.74 Å². The fraction of sp³-hybridized carbons (Fsp3) is 0.273. The topological polar surface area (TPSA) is 181 Å². The molecular formula is C33H35N5O8. The molecule has 0 spiro atoms. The normalized spacial score (nSPS) is 17.8. The molecule has 0 aliphatic carbocycles. The lowest BCUT2D eigenvalue weighted by atomic mass is 10.00. The van der Waals surface area contributed by atoms with Gasteiger partial charge in [-0.05, 0) is 34.4 Å². The van der Waals surface area contributed by atoms with Crippen molar-refractivity contribution in [3.63, 3.8) is 0 Å². The van der Waals surface area contributed by atoms with E-state index in [2.05, 4.69) is 31.3 Å². The second-order valence-corrected chi connectivity index (χ2v) is 10.4. The molecule has 5 amide bonds. The number of nitrogens with one attached hydrogen (secondary N) is 5. The van der Waals surface area contributed by atoms with E-state index in [0.717, 1.165) is 16.7 Å². The van der Waals surface area contributed by atoms with Crippen molar-refractivity contribution in [1.29, 1.82) is 0 Å². The van der Waals surface area contributed by atoms with Crippen molar-refractivity contribution >= 4 is 35.5 Å². The molecule has 240 valence electrons. The molecule has 2 atom stereocenters. The maximum Gasteiger partial charge on any atom is 0.325 e. The molecule has 0 fully saturated rings. The number of amides is 5. The van der Waals surface area contributed by atoms with Crippen LogP contribution in [0.3, 0.4) is 0 Å². The minimum absolute atomic E-state index is 0.0467. The molecule has 0 saturated heterocycles. The third-order valence-electron chi connectivity index (χ3n) is 7.04. The Morgan fingerprint density at radius 3 is 2.15 bits per heavy atom. The largest absolute Gasteiger partial charge is 0.484 e. The Balaban J connectivity index is 1.50. The van der Waals surface area contributed by atoms with Gasteiger partial charge in [-0.3, -0.25) is 28.8 Å². The maximum absolute atomic E-state index is 13.3. The summed E-state index contributed by atoms with van der Waals surface area (Å²) >= 11 is 0. The van der Waals surface area contributed by atoms with Gasteiger partial charge in [0.25, 0.3) is 5.91 Å². The number of hydrogen-bond donors (Lipinski definition) is 5. The lowest BCUT2D eigenvalue weighted by Crippen LogP contribution is -2.54. The highest BCUT2D eigenvalue weighted by Crippen LogP contribution is 2.20. The van der Waals surface area contributed by atoms with Crippen LogP contribution in [0.15, 0.2) is 78.9 Å². The molecule has 2 aliphatic rings. The summed E-state index contributed by atoms with van der Waals surface area (Å²) in [5.41, 5.74) is 3.38. The Morgan fingerprint density at radius 1 is 0.804 bits per heavy atom. The van der Waals surface area contributed by atoms with Crippen LogP contribution in [-0.2, 0) is 46.3 Å². The quantitative estimate of drug-likeness (QED) is 0.187. The van der Waals surface area contributed by atoms with Crippen LogP contribution in [0.25, 0.3) is 11.1 Å². The smallest absolute Gasteiger partial charge is 0.325 e. The van der Waals surface area contributed by atoms with E-state index in [9.17, 15) is 28.8 Å². The molecule has 13 nitrogen and oxygen atoms in total. The molecule has 46 heavy (non-hydrogen) atoms. The van der Waals surface area contributed by atoms with E-state index in [0.29, 0.717) is 11.3 Å². The van der Waals surface area contributed by atoms with Crippen LogP contribution >= 0.6 is 0 Å². The van der Waals surface area contributed by atoms with E-state index in [1.165, 1.54) is 7.11 Å². The van der Waals surface area contributed by atoms with Gasteiger partial charge in [-0.2, -0.15) is 0 Å². The Hall–Kier alpha value is -5.72. The molecule has 0 radical (unpaired) electrons. The van der Waals surface area contributed by atoms with Gasteiger partial charge in [-0.1, -0.05) is 66.7 Å². The zero-order valence-electron chi connectivity index (χ0n) is 25.2. The van der Waals surface area contributed by atoms with Gasteiger partial charge in [0, 0.05) is 12.8 Å². The number of benzene rings is 3. The highest BCUT2D eigenvalue weighted by molar-refractivity contribution is 5.94. The molecule has 5 N–H and O–H groups in total. The molecule has 0 aromatic heterocycles. The molecule has 5 rings (SSSR count). The van der Waals surface area contributed by atoms with E-state index in [-0.39, 0.29) is 19.4 Å². The van der Waals surface area contributed by atoms with Crippen molar-refractivity contribution in [1.82, 2.24) is 26.6 Å². The summed E-state index contributed by atoms with van der Waals surface area (Å²) in [6.45, 7) is -1.66. The number of hydrogen-bond acceptors (Lipinski definition) is 8. The van der Waals surface area contributed by atoms with Crippen LogP contribution in [0, 0.1) is 0 Å². The number of methoxy groups -OCH3 is 1. The van der Waals surface area contributed by atoms with Crippen LogP contribution in [0.5, 0.6) is 5.75 Å². The van der Waals surface area contributed by atoms with Gasteiger partial charge in [0.2, 0.25) is 23.6 Å². The highest BCUT2D eigenvalue weighted by Gasteiger charge is 2.25. The molecule has 3 aromatic carbocycles. The first-order valence-corrected chi connectivity index (χ1v) is 14.5. The summed E-state index contributed by atoms with van der Waals surface area (Å²) in [6, 6.07) is 21.5. The number of fused-ring (bicyclic) bond motifs is 16. The van der Waals surface area contributed by atoms with Crippen molar-refractivity contribution in [2.75, 3.05) is 33.4 Å². The Labute approximate surface area is 265 Å². The number of rotatable bonds is 6. The van der Waals surface area contributed by atoms with Crippen molar-refractivity contribution in [3.05, 3.63) is 90.0 Å². The Bertz CT molecular complexity index is 1540. The molecule has 0 saturated carbocycles. The van der Waals surface area contributed by atoms with Crippen molar-refractivity contribution in [2.45, 2.75) is 24.9 Å². The van der Waals surface area contributed by atoms with E-state index >= 15 is 0 Å². The third-order valence-corrected chi connectivity index (χ3v) is 7.04. The number of ether oxygens (including phenoxy) is 2. The fourth-order valence-electron chi connectivity index (χ4n) is 4.59. The SMILES string of the molecule is COC(=O)CNC(=O)[C@@H]1Cc2ccc(cc2)OCC(=O)NCC(=O)N[C@H](Cc2ccc(-c3ccccc3)cc2)C(=O)NCC(=O)N1. The van der Waals surface area contributed by atoms with Crippen molar-refractivity contribution in [2.24, 2.45) is 0 Å². The maximum atomic E-state index is 13.3. The van der Waals surface area contributed by atoms with Crippen LogP contribution < -0.4 is 31.3 Å². The van der Waals surface area contributed by atoms with Gasteiger partial charge in [0.1, 0.15) is 24.4 Å². The fourth-order valence-corrected chi connectivity index (χ4v) is 4.59. The van der Waals surface area contributed by atoms with Gasteiger partial charge < -0.3 is 36.1 Å². The van der Waals surface area contributed by atoms with Gasteiger partial charge in [0.15, 0.2) is 6.61 Å². The molecule has 3 aromatic rings. The van der Waals surface area contributed by atoms with Crippen LogP contribution in [0.2, 0.25) is 0 Å². The zero-order valence-corrected chi connectivity index (χ0v) is 25.2. The van der Waals surface area contributed by atoms with Crippen LogP contribution in [-0.4, -0.2) is 80.9 Å². The lowest BCUT2D eigenvalue weighted by molar-refractivity contribution is -0.141. The average Bonchev–Trinajstić information content (AvgIpc) is 3.07. The Morgan fingerprint density at radius 2 is 1.46 bits per heavy atom. The first-order valence-electron chi connectivity index (χ1n) is 14.5. The summed E-state index contributed by atoms with van der Waals surface area (Å²) in [6.07, 6.45) is 0.142. The molecule has 13 heteroatoms. The zero-order chi connectivity index (χ0) is 32.9. The molecule has 2 aliphatic heterocycles.